The zero-order chi connectivity index (χ0) is 23.1. The highest BCUT2D eigenvalue weighted by atomic mass is 28.4. The number of hydrogen-bond acceptors (Lipinski definition) is 5. The first kappa shape index (κ1) is 26.1. The van der Waals surface area contributed by atoms with Crippen LogP contribution in [0.15, 0.2) is 35.9 Å². The second-order valence-electron chi connectivity index (χ2n) is 10.1. The van der Waals surface area contributed by atoms with Crippen LogP contribution in [-0.4, -0.2) is 52.1 Å². The lowest BCUT2D eigenvalue weighted by Gasteiger charge is -2.39. The van der Waals surface area contributed by atoms with E-state index < -0.39 is 8.32 Å². The second-order valence-corrected chi connectivity index (χ2v) is 14.9. The lowest BCUT2D eigenvalue weighted by atomic mass is 10.1. The van der Waals surface area contributed by atoms with Gasteiger partial charge in [0.2, 0.25) is 0 Å². The molecule has 3 atom stereocenters. The molecular weight excluding hydrogens is 408 g/mol. The van der Waals surface area contributed by atoms with Gasteiger partial charge in [0.05, 0.1) is 39.1 Å². The summed E-state index contributed by atoms with van der Waals surface area (Å²) in [4.78, 5) is 0. The summed E-state index contributed by atoms with van der Waals surface area (Å²) in [7, 11) is -0.261. The fourth-order valence-electron chi connectivity index (χ4n) is 3.38. The van der Waals surface area contributed by atoms with Crippen LogP contribution >= 0.6 is 0 Å². The van der Waals surface area contributed by atoms with Gasteiger partial charge in [-0.05, 0) is 62.0 Å². The Morgan fingerprint density at radius 2 is 1.84 bits per heavy atom. The minimum atomic E-state index is -1.93. The topological polar surface area (TPSA) is 57.2 Å². The molecule has 0 bridgehead atoms. The molecule has 0 unspecified atom stereocenters. The van der Waals surface area contributed by atoms with E-state index in [0.717, 1.165) is 30.6 Å². The summed E-state index contributed by atoms with van der Waals surface area (Å²) in [6, 6.07) is 7.95. The highest BCUT2D eigenvalue weighted by Crippen LogP contribution is 2.37. The molecule has 1 aromatic carbocycles. The van der Waals surface area contributed by atoms with Crippen LogP contribution in [0.25, 0.3) is 0 Å². The molecule has 0 saturated carbocycles. The molecule has 0 radical (unpaired) electrons. The summed E-state index contributed by atoms with van der Waals surface area (Å²) in [5.74, 6) is 0.835. The summed E-state index contributed by atoms with van der Waals surface area (Å²) >= 11 is 0. The predicted octanol–water partition coefficient (Wildman–Crippen LogP) is 5.48. The fraction of sp³-hybridized carbons (Fsp3) is 0.680. The van der Waals surface area contributed by atoms with E-state index in [2.05, 4.69) is 46.9 Å². The third-order valence-corrected chi connectivity index (χ3v) is 11.0. The van der Waals surface area contributed by atoms with Crippen LogP contribution in [0, 0.1) is 0 Å². The van der Waals surface area contributed by atoms with Crippen molar-refractivity contribution < 1.29 is 23.7 Å². The van der Waals surface area contributed by atoms with Gasteiger partial charge in [-0.1, -0.05) is 44.6 Å². The van der Waals surface area contributed by atoms with Crippen molar-refractivity contribution in [1.29, 1.82) is 0 Å². The van der Waals surface area contributed by atoms with Crippen molar-refractivity contribution in [3.63, 3.8) is 0 Å². The maximum atomic E-state index is 9.90. The third kappa shape index (κ3) is 8.03. The number of aliphatic hydroxyl groups is 1. The molecule has 1 aromatic rings. The van der Waals surface area contributed by atoms with Crippen molar-refractivity contribution in [1.82, 2.24) is 0 Å². The highest BCUT2D eigenvalue weighted by molar-refractivity contribution is 6.74. The summed E-state index contributed by atoms with van der Waals surface area (Å²) in [5, 5.41) is 10.0. The van der Waals surface area contributed by atoms with Gasteiger partial charge in [-0.2, -0.15) is 0 Å². The number of ether oxygens (including phenoxy) is 3. The largest absolute Gasteiger partial charge is 0.497 e. The Morgan fingerprint density at radius 3 is 2.42 bits per heavy atom. The maximum absolute atomic E-state index is 9.90. The molecule has 0 aromatic heterocycles. The molecule has 0 aliphatic carbocycles. The van der Waals surface area contributed by atoms with Crippen LogP contribution in [0.1, 0.15) is 52.5 Å². The Kier molecular flexibility index (Phi) is 9.77. The van der Waals surface area contributed by atoms with Crippen molar-refractivity contribution in [3.8, 4) is 5.75 Å². The standard InChI is InChI=1S/C25H42O5Si/c1-19-9-8-10-23(28-17-20-11-13-21(27-5)14-12-20)24(30-22(15-19)16-26)18-29-31(6,7)25(2,3)4/h9,11-14,22-24,26H,8,10,15-18H2,1-7H3/b19-9-/t22-,23-,24-/m1/s1. The molecule has 176 valence electrons. The molecule has 6 heteroatoms. The van der Waals surface area contributed by atoms with E-state index >= 15 is 0 Å². The van der Waals surface area contributed by atoms with Gasteiger partial charge in [-0.3, -0.25) is 0 Å². The van der Waals surface area contributed by atoms with Gasteiger partial charge >= 0.3 is 0 Å². The monoisotopic (exact) mass is 450 g/mol. The van der Waals surface area contributed by atoms with E-state index in [4.69, 9.17) is 18.6 Å². The van der Waals surface area contributed by atoms with Crippen molar-refractivity contribution in [2.24, 2.45) is 0 Å². The normalized spacial score (nSPS) is 25.2. The van der Waals surface area contributed by atoms with Gasteiger partial charge in [0.25, 0.3) is 0 Å². The first-order valence-corrected chi connectivity index (χ1v) is 14.3. The van der Waals surface area contributed by atoms with Crippen LogP contribution in [0.4, 0.5) is 0 Å². The van der Waals surface area contributed by atoms with E-state index in [-0.39, 0.29) is 30.0 Å². The Morgan fingerprint density at radius 1 is 1.16 bits per heavy atom. The van der Waals surface area contributed by atoms with E-state index in [1.165, 1.54) is 5.57 Å². The van der Waals surface area contributed by atoms with E-state index in [9.17, 15) is 5.11 Å². The third-order valence-electron chi connectivity index (χ3n) is 6.52. The fourth-order valence-corrected chi connectivity index (χ4v) is 4.40. The van der Waals surface area contributed by atoms with Crippen LogP contribution < -0.4 is 4.74 Å². The molecular formula is C25H42O5Si. The van der Waals surface area contributed by atoms with Crippen molar-refractivity contribution in [2.45, 2.75) is 90.0 Å². The molecule has 5 nitrogen and oxygen atoms in total. The average molecular weight is 451 g/mol. The number of aliphatic hydroxyl groups excluding tert-OH is 1. The molecule has 1 aliphatic rings. The zero-order valence-corrected chi connectivity index (χ0v) is 21.4. The van der Waals surface area contributed by atoms with Crippen molar-refractivity contribution in [2.75, 3.05) is 20.3 Å². The molecule has 1 heterocycles. The predicted molar refractivity (Wildman–Crippen MR) is 128 cm³/mol. The molecule has 1 aliphatic heterocycles. The average Bonchev–Trinajstić information content (AvgIpc) is 2.79. The molecule has 2 rings (SSSR count). The first-order valence-electron chi connectivity index (χ1n) is 11.4. The lowest BCUT2D eigenvalue weighted by Crippen LogP contribution is -2.46. The summed E-state index contributed by atoms with van der Waals surface area (Å²) in [6.07, 6.45) is 4.20. The summed E-state index contributed by atoms with van der Waals surface area (Å²) in [6.45, 7) is 14.3. The Balaban J connectivity index is 2.15. The Labute approximate surface area is 189 Å². The molecule has 0 fully saturated rings. The van der Waals surface area contributed by atoms with Gasteiger partial charge < -0.3 is 23.7 Å². The second kappa shape index (κ2) is 11.6. The molecule has 1 N–H and O–H groups in total. The Bertz CT molecular complexity index is 693. The minimum Gasteiger partial charge on any atom is -0.497 e. The smallest absolute Gasteiger partial charge is 0.192 e. The zero-order valence-electron chi connectivity index (χ0n) is 20.4. The van der Waals surface area contributed by atoms with Gasteiger partial charge in [0.15, 0.2) is 8.32 Å². The van der Waals surface area contributed by atoms with Crippen LogP contribution in [0.2, 0.25) is 18.1 Å². The van der Waals surface area contributed by atoms with Crippen LogP contribution in [0.3, 0.4) is 0 Å². The number of benzene rings is 1. The van der Waals surface area contributed by atoms with Crippen LogP contribution in [-0.2, 0) is 20.5 Å². The van der Waals surface area contributed by atoms with E-state index in [1.807, 2.05) is 24.3 Å². The van der Waals surface area contributed by atoms with E-state index in [1.54, 1.807) is 7.11 Å². The van der Waals surface area contributed by atoms with Gasteiger partial charge in [0.1, 0.15) is 11.9 Å². The molecule has 0 saturated heterocycles. The molecule has 0 spiro atoms. The van der Waals surface area contributed by atoms with Gasteiger partial charge in [0, 0.05) is 0 Å². The minimum absolute atomic E-state index is 0.00697. The van der Waals surface area contributed by atoms with Gasteiger partial charge in [-0.25, -0.2) is 0 Å². The van der Waals surface area contributed by atoms with Gasteiger partial charge in [-0.15, -0.1) is 0 Å². The Hall–Kier alpha value is -1.18. The quantitative estimate of drug-likeness (QED) is 0.420. The summed E-state index contributed by atoms with van der Waals surface area (Å²) in [5.41, 5.74) is 2.34. The maximum Gasteiger partial charge on any atom is 0.192 e. The first-order chi connectivity index (χ1) is 14.6. The number of rotatable bonds is 8. The number of hydrogen-bond donors (Lipinski definition) is 1. The lowest BCUT2D eigenvalue weighted by molar-refractivity contribution is -0.131. The number of allylic oxidation sites excluding steroid dienone is 1. The SMILES string of the molecule is COc1ccc(CO[C@@H]2CC/C=C(/C)C[C@H](CO)O[C@@H]2CO[Si](C)(C)C(C)(C)C)cc1. The van der Waals surface area contributed by atoms with Crippen molar-refractivity contribution in [3.05, 3.63) is 41.5 Å². The highest BCUT2D eigenvalue weighted by Gasteiger charge is 2.39. The van der Waals surface area contributed by atoms with E-state index in [0.29, 0.717) is 13.2 Å². The number of methoxy groups -OCH3 is 1. The van der Waals surface area contributed by atoms with Crippen molar-refractivity contribution >= 4 is 8.32 Å². The molecule has 0 amide bonds. The summed E-state index contributed by atoms with van der Waals surface area (Å²) < 4.78 is 24.6. The molecule has 31 heavy (non-hydrogen) atoms. The van der Waals surface area contributed by atoms with Crippen LogP contribution in [0.5, 0.6) is 5.75 Å².